The second kappa shape index (κ2) is 12.3. The van der Waals surface area contributed by atoms with E-state index in [1.54, 1.807) is 0 Å². The van der Waals surface area contributed by atoms with Crippen molar-refractivity contribution in [1.29, 1.82) is 0 Å². The van der Waals surface area contributed by atoms with Crippen LogP contribution in [0.4, 0.5) is 17.1 Å². The molecule has 0 fully saturated rings. The van der Waals surface area contributed by atoms with Crippen LogP contribution in [0.15, 0.2) is 199 Å². The number of para-hydroxylation sites is 2. The lowest BCUT2D eigenvalue weighted by atomic mass is 9.82. The molecular weight excluding hydrogens is 705 g/mol. The zero-order valence-corrected chi connectivity index (χ0v) is 32.3. The predicted molar refractivity (Wildman–Crippen MR) is 243 cm³/mol. The van der Waals surface area contributed by atoms with Gasteiger partial charge in [-0.05, 0) is 93.9 Å². The predicted octanol–water partition coefficient (Wildman–Crippen LogP) is 15.3. The number of fused-ring (bicyclic) bond motifs is 11. The molecule has 11 aromatic rings. The summed E-state index contributed by atoms with van der Waals surface area (Å²) in [5.74, 6) is 0. The standard InChI is InChI=1S/C55H38N2O/c1-55(2)47-20-8-5-19-46(47)53-48(55)21-12-24-51(53)56(40-30-32-44-45-31-27-36-13-3-4-16-41(36)54(45)58-52(44)34-40)38-28-25-35(26-29-38)37-14-11-15-39(33-37)57-49-22-9-6-17-42(49)43-18-7-10-23-50(43)57/h3-34H,1-2H3. The summed E-state index contributed by atoms with van der Waals surface area (Å²) in [6.45, 7) is 4.69. The highest BCUT2D eigenvalue weighted by atomic mass is 16.3. The van der Waals surface area contributed by atoms with Gasteiger partial charge in [0.25, 0.3) is 0 Å². The average molecular weight is 743 g/mol. The molecule has 0 N–H and O–H groups in total. The highest BCUT2D eigenvalue weighted by molar-refractivity contribution is 6.15. The van der Waals surface area contributed by atoms with Gasteiger partial charge in [-0.25, -0.2) is 0 Å². The minimum Gasteiger partial charge on any atom is -0.455 e. The number of hydrogen-bond acceptors (Lipinski definition) is 2. The molecule has 0 spiro atoms. The minimum absolute atomic E-state index is 0.122. The third kappa shape index (κ3) is 4.74. The van der Waals surface area contributed by atoms with E-state index in [1.807, 2.05) is 0 Å². The van der Waals surface area contributed by atoms with E-state index in [0.717, 1.165) is 55.6 Å². The first-order chi connectivity index (χ1) is 28.5. The Kier molecular flexibility index (Phi) is 6.98. The van der Waals surface area contributed by atoms with Crippen molar-refractivity contribution in [3.63, 3.8) is 0 Å². The highest BCUT2D eigenvalue weighted by Gasteiger charge is 2.37. The van der Waals surface area contributed by atoms with Gasteiger partial charge in [0.1, 0.15) is 11.2 Å². The van der Waals surface area contributed by atoms with E-state index in [-0.39, 0.29) is 5.41 Å². The topological polar surface area (TPSA) is 21.3 Å². The maximum absolute atomic E-state index is 6.75. The van der Waals surface area contributed by atoms with Gasteiger partial charge < -0.3 is 13.9 Å². The average Bonchev–Trinajstić information content (AvgIpc) is 3.90. The summed E-state index contributed by atoms with van der Waals surface area (Å²) in [7, 11) is 0. The summed E-state index contributed by atoms with van der Waals surface area (Å²) in [5.41, 5.74) is 16.1. The van der Waals surface area contributed by atoms with Crippen LogP contribution in [0.1, 0.15) is 25.0 Å². The summed E-state index contributed by atoms with van der Waals surface area (Å²) in [5, 5.41) is 7.09. The Labute approximate surface area is 336 Å². The maximum atomic E-state index is 6.75. The molecule has 3 heteroatoms. The summed E-state index contributed by atoms with van der Waals surface area (Å²) < 4.78 is 9.14. The van der Waals surface area contributed by atoms with Crippen LogP contribution in [0.5, 0.6) is 0 Å². The quantitative estimate of drug-likeness (QED) is 0.175. The fourth-order valence-electron chi connectivity index (χ4n) is 9.81. The molecule has 0 unspecified atom stereocenters. The van der Waals surface area contributed by atoms with E-state index in [9.17, 15) is 0 Å². The second-order valence-electron chi connectivity index (χ2n) is 16.1. The molecule has 0 saturated carbocycles. The fraction of sp³-hybridized carbons (Fsp3) is 0.0545. The van der Waals surface area contributed by atoms with Gasteiger partial charge in [-0.3, -0.25) is 0 Å². The monoisotopic (exact) mass is 742 g/mol. The molecule has 1 aliphatic rings. The second-order valence-corrected chi connectivity index (χ2v) is 16.1. The molecular formula is C55H38N2O. The fourth-order valence-corrected chi connectivity index (χ4v) is 9.81. The molecule has 58 heavy (non-hydrogen) atoms. The van der Waals surface area contributed by atoms with Crippen LogP contribution < -0.4 is 4.90 Å². The van der Waals surface area contributed by atoms with Gasteiger partial charge in [-0.2, -0.15) is 0 Å². The zero-order chi connectivity index (χ0) is 38.5. The molecule has 0 saturated heterocycles. The summed E-state index contributed by atoms with van der Waals surface area (Å²) in [6.07, 6.45) is 0. The van der Waals surface area contributed by atoms with Crippen LogP contribution >= 0.6 is 0 Å². The largest absolute Gasteiger partial charge is 0.455 e. The molecule has 1 aliphatic carbocycles. The van der Waals surface area contributed by atoms with Crippen LogP contribution in [-0.4, -0.2) is 4.57 Å². The van der Waals surface area contributed by atoms with Gasteiger partial charge in [-0.15, -0.1) is 0 Å². The molecule has 0 radical (unpaired) electrons. The van der Waals surface area contributed by atoms with Crippen LogP contribution in [0.3, 0.4) is 0 Å². The molecule has 274 valence electrons. The van der Waals surface area contributed by atoms with Crippen molar-refractivity contribution in [3.8, 4) is 27.9 Å². The zero-order valence-electron chi connectivity index (χ0n) is 32.3. The van der Waals surface area contributed by atoms with Gasteiger partial charge in [0, 0.05) is 61.0 Å². The Morgan fingerprint density at radius 1 is 0.466 bits per heavy atom. The Balaban J connectivity index is 1.02. The Morgan fingerprint density at radius 3 is 1.93 bits per heavy atom. The number of benzene rings is 9. The summed E-state index contributed by atoms with van der Waals surface area (Å²) in [4.78, 5) is 2.42. The molecule has 0 amide bonds. The Bertz CT molecular complexity index is 3380. The number of rotatable bonds is 5. The van der Waals surface area contributed by atoms with Crippen molar-refractivity contribution in [2.75, 3.05) is 4.90 Å². The number of aromatic nitrogens is 1. The van der Waals surface area contributed by atoms with E-state index in [1.165, 1.54) is 55.0 Å². The number of furan rings is 1. The molecule has 0 bridgehead atoms. The lowest BCUT2D eigenvalue weighted by Gasteiger charge is -2.29. The molecule has 0 atom stereocenters. The first-order valence-corrected chi connectivity index (χ1v) is 20.1. The van der Waals surface area contributed by atoms with Crippen molar-refractivity contribution in [2.45, 2.75) is 19.3 Å². The van der Waals surface area contributed by atoms with Crippen LogP contribution in [0, 0.1) is 0 Å². The number of hydrogen-bond donors (Lipinski definition) is 0. The molecule has 12 rings (SSSR count). The van der Waals surface area contributed by atoms with E-state index in [4.69, 9.17) is 4.42 Å². The van der Waals surface area contributed by atoms with Gasteiger partial charge >= 0.3 is 0 Å². The third-order valence-corrected chi connectivity index (χ3v) is 12.6. The smallest absolute Gasteiger partial charge is 0.143 e. The van der Waals surface area contributed by atoms with Crippen molar-refractivity contribution in [3.05, 3.63) is 205 Å². The van der Waals surface area contributed by atoms with Crippen molar-refractivity contribution < 1.29 is 4.42 Å². The van der Waals surface area contributed by atoms with E-state index < -0.39 is 0 Å². The number of nitrogens with zero attached hydrogens (tertiary/aromatic N) is 2. The minimum atomic E-state index is -0.122. The molecule has 2 heterocycles. The van der Waals surface area contributed by atoms with Gasteiger partial charge in [0.15, 0.2) is 0 Å². The normalized spacial score (nSPS) is 13.1. The van der Waals surface area contributed by atoms with Crippen LogP contribution in [0.25, 0.3) is 82.5 Å². The molecule has 0 aliphatic heterocycles. The lowest BCUT2D eigenvalue weighted by molar-refractivity contribution is 0.660. The molecule has 2 aromatic heterocycles. The summed E-state index contributed by atoms with van der Waals surface area (Å²) in [6, 6.07) is 70.6. The maximum Gasteiger partial charge on any atom is 0.143 e. The van der Waals surface area contributed by atoms with Crippen LogP contribution in [-0.2, 0) is 5.41 Å². The van der Waals surface area contributed by atoms with E-state index >= 15 is 0 Å². The summed E-state index contributed by atoms with van der Waals surface area (Å²) >= 11 is 0. The Morgan fingerprint density at radius 2 is 1.12 bits per heavy atom. The lowest BCUT2D eigenvalue weighted by Crippen LogP contribution is -2.16. The Hall–Kier alpha value is -7.36. The van der Waals surface area contributed by atoms with Gasteiger partial charge in [0.2, 0.25) is 0 Å². The van der Waals surface area contributed by atoms with E-state index in [2.05, 4.69) is 217 Å². The van der Waals surface area contributed by atoms with Crippen molar-refractivity contribution >= 4 is 71.6 Å². The number of anilines is 3. The highest BCUT2D eigenvalue weighted by Crippen LogP contribution is 2.54. The first kappa shape index (κ1) is 32.8. The SMILES string of the molecule is CC1(C)c2ccccc2-c2c(N(c3ccc(-c4cccc(-n5c6ccccc6c6ccccc65)c4)cc3)c3ccc4c(c3)oc3c5ccccc5ccc43)cccc21. The van der Waals surface area contributed by atoms with Gasteiger partial charge in [0.05, 0.1) is 16.7 Å². The van der Waals surface area contributed by atoms with Crippen LogP contribution in [0.2, 0.25) is 0 Å². The van der Waals surface area contributed by atoms with Gasteiger partial charge in [-0.1, -0.05) is 141 Å². The van der Waals surface area contributed by atoms with Crippen molar-refractivity contribution in [2.24, 2.45) is 0 Å². The molecule has 9 aromatic carbocycles. The van der Waals surface area contributed by atoms with E-state index in [0.29, 0.717) is 0 Å². The van der Waals surface area contributed by atoms with Crippen molar-refractivity contribution in [1.82, 2.24) is 4.57 Å². The third-order valence-electron chi connectivity index (χ3n) is 12.6. The first-order valence-electron chi connectivity index (χ1n) is 20.1. The molecule has 3 nitrogen and oxygen atoms in total.